The van der Waals surface area contributed by atoms with Crippen molar-refractivity contribution in [3.05, 3.63) is 18.2 Å². The quantitative estimate of drug-likeness (QED) is 0.719. The van der Waals surface area contributed by atoms with Crippen molar-refractivity contribution < 1.29 is 9.53 Å². The maximum Gasteiger partial charge on any atom is 0.220 e. The number of carbonyl (C=O) groups excluding carboxylic acids is 1. The number of methoxy groups -OCH3 is 1. The summed E-state index contributed by atoms with van der Waals surface area (Å²) < 4.78 is 4.97. The molecule has 1 heterocycles. The first kappa shape index (κ1) is 12.7. The molecule has 16 heavy (non-hydrogen) atoms. The van der Waals surface area contributed by atoms with Gasteiger partial charge in [-0.2, -0.15) is 0 Å². The highest BCUT2D eigenvalue weighted by molar-refractivity contribution is 5.76. The van der Waals surface area contributed by atoms with Gasteiger partial charge >= 0.3 is 0 Å². The van der Waals surface area contributed by atoms with Crippen LogP contribution in [0, 0.1) is 5.92 Å². The highest BCUT2D eigenvalue weighted by Gasteiger charge is 2.08. The monoisotopic (exact) mass is 225 g/mol. The van der Waals surface area contributed by atoms with E-state index in [9.17, 15) is 4.79 Å². The number of hydrogen-bond donors (Lipinski definition) is 2. The number of imidazole rings is 1. The first-order chi connectivity index (χ1) is 7.72. The van der Waals surface area contributed by atoms with Crippen LogP contribution in [0.4, 0.5) is 0 Å². The second-order valence-corrected chi connectivity index (χ2v) is 3.90. The van der Waals surface area contributed by atoms with E-state index in [0.29, 0.717) is 19.6 Å². The minimum Gasteiger partial charge on any atom is -0.384 e. The van der Waals surface area contributed by atoms with E-state index in [1.807, 2.05) is 6.92 Å². The minimum absolute atomic E-state index is 0.0658. The molecular formula is C11H19N3O2. The molecule has 1 unspecified atom stereocenters. The molecule has 0 fully saturated rings. The van der Waals surface area contributed by atoms with Gasteiger partial charge in [0, 0.05) is 45.5 Å². The van der Waals surface area contributed by atoms with Gasteiger partial charge < -0.3 is 15.0 Å². The fraction of sp³-hybridized carbons (Fsp3) is 0.636. The number of nitrogens with zero attached hydrogens (tertiary/aromatic N) is 1. The Morgan fingerprint density at radius 1 is 1.69 bits per heavy atom. The summed E-state index contributed by atoms with van der Waals surface area (Å²) in [6.45, 7) is 3.23. The van der Waals surface area contributed by atoms with Gasteiger partial charge in [0.05, 0.1) is 0 Å². The summed E-state index contributed by atoms with van der Waals surface area (Å²) in [5.41, 5.74) is 0. The number of H-pyrrole nitrogens is 1. The fourth-order valence-electron chi connectivity index (χ4n) is 1.49. The first-order valence-corrected chi connectivity index (χ1v) is 5.46. The lowest BCUT2D eigenvalue weighted by atomic mass is 10.1. The number of hydrogen-bond acceptors (Lipinski definition) is 3. The number of aromatic nitrogens is 2. The third kappa shape index (κ3) is 4.93. The summed E-state index contributed by atoms with van der Waals surface area (Å²) in [4.78, 5) is 18.5. The predicted octanol–water partition coefficient (Wildman–Crippen LogP) is 0.741. The Hall–Kier alpha value is -1.36. The molecule has 2 N–H and O–H groups in total. The molecule has 1 amide bonds. The molecule has 0 aliphatic rings. The van der Waals surface area contributed by atoms with Gasteiger partial charge in [-0.1, -0.05) is 6.92 Å². The Kier molecular flexibility index (Phi) is 5.56. The number of amides is 1. The first-order valence-electron chi connectivity index (χ1n) is 5.46. The summed E-state index contributed by atoms with van der Waals surface area (Å²) in [6, 6.07) is 0. The maximum atomic E-state index is 11.5. The van der Waals surface area contributed by atoms with Crippen molar-refractivity contribution in [1.29, 1.82) is 0 Å². The van der Waals surface area contributed by atoms with Crippen molar-refractivity contribution >= 4 is 5.91 Å². The van der Waals surface area contributed by atoms with E-state index in [1.54, 1.807) is 19.5 Å². The summed E-state index contributed by atoms with van der Waals surface area (Å²) in [5, 5.41) is 2.86. The lowest BCUT2D eigenvalue weighted by Crippen LogP contribution is -2.28. The molecule has 90 valence electrons. The molecule has 0 radical (unpaired) electrons. The maximum absolute atomic E-state index is 11.5. The molecule has 5 nitrogen and oxygen atoms in total. The largest absolute Gasteiger partial charge is 0.384 e. The molecule has 0 aliphatic carbocycles. The molecule has 0 bridgehead atoms. The molecule has 5 heteroatoms. The molecule has 1 rings (SSSR count). The zero-order chi connectivity index (χ0) is 11.8. The van der Waals surface area contributed by atoms with Gasteiger partial charge in [0.2, 0.25) is 5.91 Å². The van der Waals surface area contributed by atoms with Gasteiger partial charge in [-0.15, -0.1) is 0 Å². The van der Waals surface area contributed by atoms with Crippen LogP contribution < -0.4 is 5.32 Å². The van der Waals surface area contributed by atoms with Crippen LogP contribution in [0.1, 0.15) is 19.2 Å². The summed E-state index contributed by atoms with van der Waals surface area (Å²) >= 11 is 0. The molecule has 0 saturated carbocycles. The average Bonchev–Trinajstić information content (AvgIpc) is 2.70. The van der Waals surface area contributed by atoms with Crippen molar-refractivity contribution in [3.63, 3.8) is 0 Å². The summed E-state index contributed by atoms with van der Waals surface area (Å²) in [5.74, 6) is 1.22. The second-order valence-electron chi connectivity index (χ2n) is 3.90. The SMILES string of the molecule is COCC(C)CC(=O)NCCc1ncc[nH]1. The van der Waals surface area contributed by atoms with Crippen molar-refractivity contribution in [3.8, 4) is 0 Å². The zero-order valence-electron chi connectivity index (χ0n) is 9.82. The van der Waals surface area contributed by atoms with Crippen LogP contribution in [0.2, 0.25) is 0 Å². The van der Waals surface area contributed by atoms with Crippen molar-refractivity contribution in [1.82, 2.24) is 15.3 Å². The predicted molar refractivity (Wildman–Crippen MR) is 61.0 cm³/mol. The topological polar surface area (TPSA) is 67.0 Å². The molecule has 1 atom stereocenters. The molecule has 1 aromatic heterocycles. The van der Waals surface area contributed by atoms with Gasteiger partial charge in [0.1, 0.15) is 5.82 Å². The lowest BCUT2D eigenvalue weighted by molar-refractivity contribution is -0.122. The van der Waals surface area contributed by atoms with E-state index >= 15 is 0 Å². The summed E-state index contributed by atoms with van der Waals surface area (Å²) in [6.07, 6.45) is 4.72. The number of carbonyl (C=O) groups is 1. The van der Waals surface area contributed by atoms with E-state index in [1.165, 1.54) is 0 Å². The van der Waals surface area contributed by atoms with E-state index in [4.69, 9.17) is 4.74 Å². The van der Waals surface area contributed by atoms with Crippen LogP contribution >= 0.6 is 0 Å². The highest BCUT2D eigenvalue weighted by Crippen LogP contribution is 2.01. The molecule has 1 aromatic rings. The molecular weight excluding hydrogens is 206 g/mol. The van der Waals surface area contributed by atoms with Gasteiger partial charge in [-0.3, -0.25) is 4.79 Å². The fourth-order valence-corrected chi connectivity index (χ4v) is 1.49. The number of nitrogens with one attached hydrogen (secondary N) is 2. The van der Waals surface area contributed by atoms with E-state index in [2.05, 4.69) is 15.3 Å². The molecule has 0 spiro atoms. The number of ether oxygens (including phenoxy) is 1. The van der Waals surface area contributed by atoms with Gasteiger partial charge in [0.15, 0.2) is 0 Å². The Balaban J connectivity index is 2.10. The Labute approximate surface area is 95.6 Å². The van der Waals surface area contributed by atoms with Crippen LogP contribution in [-0.2, 0) is 16.0 Å². The van der Waals surface area contributed by atoms with Crippen molar-refractivity contribution in [2.24, 2.45) is 5.92 Å². The van der Waals surface area contributed by atoms with Gasteiger partial charge in [-0.05, 0) is 5.92 Å². The van der Waals surface area contributed by atoms with Gasteiger partial charge in [0.25, 0.3) is 0 Å². The highest BCUT2D eigenvalue weighted by atomic mass is 16.5. The third-order valence-electron chi connectivity index (χ3n) is 2.22. The van der Waals surface area contributed by atoms with Crippen molar-refractivity contribution in [2.75, 3.05) is 20.3 Å². The zero-order valence-corrected chi connectivity index (χ0v) is 9.82. The van der Waals surface area contributed by atoms with Gasteiger partial charge in [-0.25, -0.2) is 4.98 Å². The molecule has 0 aliphatic heterocycles. The third-order valence-corrected chi connectivity index (χ3v) is 2.22. The van der Waals surface area contributed by atoms with E-state index in [0.717, 1.165) is 12.2 Å². The Morgan fingerprint density at radius 2 is 2.50 bits per heavy atom. The minimum atomic E-state index is 0.0658. The van der Waals surface area contributed by atoms with Crippen LogP contribution in [0.5, 0.6) is 0 Å². The Bertz CT molecular complexity index is 298. The van der Waals surface area contributed by atoms with Crippen LogP contribution in [-0.4, -0.2) is 36.1 Å². The average molecular weight is 225 g/mol. The van der Waals surface area contributed by atoms with Crippen LogP contribution in [0.3, 0.4) is 0 Å². The lowest BCUT2D eigenvalue weighted by Gasteiger charge is -2.09. The van der Waals surface area contributed by atoms with E-state index < -0.39 is 0 Å². The normalized spacial score (nSPS) is 12.4. The number of aromatic amines is 1. The summed E-state index contributed by atoms with van der Waals surface area (Å²) in [7, 11) is 1.64. The van der Waals surface area contributed by atoms with Crippen molar-refractivity contribution in [2.45, 2.75) is 19.8 Å². The second kappa shape index (κ2) is 7.00. The standard InChI is InChI=1S/C11H19N3O2/c1-9(8-16-2)7-11(15)14-4-3-10-12-5-6-13-10/h5-6,9H,3-4,7-8H2,1-2H3,(H,12,13)(H,14,15). The number of rotatable bonds is 7. The van der Waals surface area contributed by atoms with Crippen LogP contribution in [0.25, 0.3) is 0 Å². The Morgan fingerprint density at radius 3 is 3.12 bits per heavy atom. The van der Waals surface area contributed by atoms with E-state index in [-0.39, 0.29) is 11.8 Å². The molecule has 0 saturated heterocycles. The molecule has 0 aromatic carbocycles. The van der Waals surface area contributed by atoms with Crippen LogP contribution in [0.15, 0.2) is 12.4 Å². The smallest absolute Gasteiger partial charge is 0.220 e.